The lowest BCUT2D eigenvalue weighted by molar-refractivity contribution is -0.153. The number of ether oxygens (including phenoxy) is 2. The van der Waals surface area contributed by atoms with E-state index in [0.717, 1.165) is 5.56 Å². The minimum atomic E-state index is -1.14. The molecule has 46 heavy (non-hydrogen) atoms. The SMILES string of the molecule is C=CCN(Cc1ccccc1)C(=O)C1N(CCCCO)C(=O)[C@@H]2[C@H](C(=O)N(CC=C)c3ccc(OCC)cc3)[C@]3(CC)CCC12O3. The molecule has 3 saturated heterocycles. The molecule has 9 nitrogen and oxygen atoms in total. The Hall–Kier alpha value is -3.95. The second-order valence-corrected chi connectivity index (χ2v) is 12.5. The molecule has 1 N–H and O–H groups in total. The lowest BCUT2D eigenvalue weighted by atomic mass is 9.64. The third-order valence-electron chi connectivity index (χ3n) is 9.90. The van der Waals surface area contributed by atoms with Gasteiger partial charge in [0, 0.05) is 38.5 Å². The highest BCUT2D eigenvalue weighted by atomic mass is 16.5. The number of unbranched alkanes of at least 4 members (excludes halogenated alkanes) is 1. The van der Waals surface area contributed by atoms with E-state index in [0.29, 0.717) is 69.8 Å². The number of hydrogen-bond donors (Lipinski definition) is 1. The smallest absolute Gasteiger partial charge is 0.248 e. The minimum Gasteiger partial charge on any atom is -0.494 e. The van der Waals surface area contributed by atoms with Gasteiger partial charge in [0.1, 0.15) is 17.4 Å². The maximum Gasteiger partial charge on any atom is 0.248 e. The number of nitrogens with zero attached hydrogens (tertiary/aromatic N) is 3. The van der Waals surface area contributed by atoms with Crippen molar-refractivity contribution in [1.82, 2.24) is 9.80 Å². The Labute approximate surface area is 272 Å². The molecule has 2 unspecified atom stereocenters. The van der Waals surface area contributed by atoms with Gasteiger partial charge in [-0.05, 0) is 68.9 Å². The van der Waals surface area contributed by atoms with Gasteiger partial charge in [-0.3, -0.25) is 14.4 Å². The van der Waals surface area contributed by atoms with Crippen LogP contribution in [0.25, 0.3) is 0 Å². The molecule has 0 saturated carbocycles. The maximum absolute atomic E-state index is 14.8. The predicted octanol–water partition coefficient (Wildman–Crippen LogP) is 4.75. The van der Waals surface area contributed by atoms with Crippen molar-refractivity contribution in [2.45, 2.75) is 69.7 Å². The molecule has 2 aromatic rings. The van der Waals surface area contributed by atoms with E-state index in [-0.39, 0.29) is 30.9 Å². The molecule has 3 aliphatic heterocycles. The van der Waals surface area contributed by atoms with Crippen LogP contribution in [-0.2, 0) is 25.7 Å². The molecule has 5 rings (SSSR count). The Kier molecular flexibility index (Phi) is 10.3. The summed E-state index contributed by atoms with van der Waals surface area (Å²) in [6.07, 6.45) is 6.01. The van der Waals surface area contributed by atoms with Crippen LogP contribution in [0.4, 0.5) is 5.69 Å². The van der Waals surface area contributed by atoms with Crippen LogP contribution < -0.4 is 9.64 Å². The summed E-state index contributed by atoms with van der Waals surface area (Å²) in [6.45, 7) is 13.4. The zero-order valence-electron chi connectivity index (χ0n) is 27.1. The molecule has 0 radical (unpaired) electrons. The van der Waals surface area contributed by atoms with E-state index in [4.69, 9.17) is 9.47 Å². The Bertz CT molecular complexity index is 1410. The first kappa shape index (κ1) is 33.4. The van der Waals surface area contributed by atoms with E-state index in [9.17, 15) is 19.5 Å². The summed E-state index contributed by atoms with van der Waals surface area (Å²) < 4.78 is 12.6. The van der Waals surface area contributed by atoms with E-state index < -0.39 is 29.1 Å². The van der Waals surface area contributed by atoms with Crippen molar-refractivity contribution in [2.75, 3.05) is 37.7 Å². The van der Waals surface area contributed by atoms with Crippen molar-refractivity contribution in [2.24, 2.45) is 11.8 Å². The minimum absolute atomic E-state index is 0.0129. The molecule has 246 valence electrons. The summed E-state index contributed by atoms with van der Waals surface area (Å²) in [7, 11) is 0. The van der Waals surface area contributed by atoms with Gasteiger partial charge in [0.25, 0.3) is 0 Å². The normalized spacial score (nSPS) is 26.1. The number of rotatable bonds is 16. The number of aliphatic hydroxyl groups is 1. The molecule has 0 aliphatic carbocycles. The molecule has 5 atom stereocenters. The summed E-state index contributed by atoms with van der Waals surface area (Å²) in [6, 6.07) is 16.2. The molecule has 9 heteroatoms. The lowest BCUT2D eigenvalue weighted by Crippen LogP contribution is -2.56. The first-order valence-electron chi connectivity index (χ1n) is 16.5. The summed E-state index contributed by atoms with van der Waals surface area (Å²) in [5.74, 6) is -1.53. The molecule has 3 fully saturated rings. The number of fused-ring (bicyclic) bond motifs is 1. The first-order chi connectivity index (χ1) is 22.3. The monoisotopic (exact) mass is 629 g/mol. The van der Waals surface area contributed by atoms with Crippen LogP contribution in [-0.4, -0.2) is 82.7 Å². The Morgan fingerprint density at radius 3 is 2.37 bits per heavy atom. The topological polar surface area (TPSA) is 99.6 Å². The number of aliphatic hydroxyl groups excluding tert-OH is 1. The second-order valence-electron chi connectivity index (χ2n) is 12.5. The van der Waals surface area contributed by atoms with Crippen LogP contribution in [0.1, 0.15) is 51.5 Å². The Morgan fingerprint density at radius 1 is 1.02 bits per heavy atom. The number of hydrogen-bond acceptors (Lipinski definition) is 6. The van der Waals surface area contributed by atoms with Crippen molar-refractivity contribution in [3.05, 3.63) is 85.5 Å². The number of likely N-dealkylation sites (tertiary alicyclic amines) is 1. The molecule has 2 aromatic carbocycles. The van der Waals surface area contributed by atoms with Crippen molar-refractivity contribution in [3.63, 3.8) is 0 Å². The summed E-state index contributed by atoms with van der Waals surface area (Å²) in [4.78, 5) is 49.1. The quantitative estimate of drug-likeness (QED) is 0.213. The van der Waals surface area contributed by atoms with Gasteiger partial charge in [-0.2, -0.15) is 0 Å². The molecular formula is C37H47N3O6. The van der Waals surface area contributed by atoms with E-state index >= 15 is 0 Å². The molecule has 3 heterocycles. The van der Waals surface area contributed by atoms with Gasteiger partial charge in [-0.1, -0.05) is 49.4 Å². The number of benzene rings is 2. The van der Waals surface area contributed by atoms with Crippen molar-refractivity contribution >= 4 is 23.4 Å². The lowest BCUT2D eigenvalue weighted by Gasteiger charge is -2.37. The Balaban J connectivity index is 1.55. The van der Waals surface area contributed by atoms with Crippen molar-refractivity contribution in [1.29, 1.82) is 0 Å². The van der Waals surface area contributed by atoms with E-state index in [1.807, 2.05) is 68.4 Å². The van der Waals surface area contributed by atoms with Gasteiger partial charge in [0.2, 0.25) is 17.7 Å². The third-order valence-corrected chi connectivity index (χ3v) is 9.90. The highest BCUT2D eigenvalue weighted by molar-refractivity contribution is 6.03. The number of carbonyl (C=O) groups excluding carboxylic acids is 3. The van der Waals surface area contributed by atoms with E-state index in [1.54, 1.807) is 26.9 Å². The van der Waals surface area contributed by atoms with Gasteiger partial charge in [-0.15, -0.1) is 13.2 Å². The van der Waals surface area contributed by atoms with Gasteiger partial charge in [-0.25, -0.2) is 0 Å². The zero-order valence-corrected chi connectivity index (χ0v) is 27.1. The summed E-state index contributed by atoms with van der Waals surface area (Å²) in [5, 5.41) is 9.54. The Morgan fingerprint density at radius 2 is 1.74 bits per heavy atom. The van der Waals surface area contributed by atoms with Crippen molar-refractivity contribution < 1.29 is 29.0 Å². The fourth-order valence-corrected chi connectivity index (χ4v) is 7.88. The van der Waals surface area contributed by atoms with Gasteiger partial charge < -0.3 is 29.3 Å². The molecule has 2 bridgehead atoms. The maximum atomic E-state index is 14.8. The number of anilines is 1. The highest BCUT2D eigenvalue weighted by Crippen LogP contribution is 2.64. The fraction of sp³-hybridized carbons (Fsp3) is 0.486. The molecule has 3 amide bonds. The number of carbonyl (C=O) groups is 3. The van der Waals surface area contributed by atoms with Gasteiger partial charge >= 0.3 is 0 Å². The van der Waals surface area contributed by atoms with Crippen molar-refractivity contribution in [3.8, 4) is 5.75 Å². The first-order valence-corrected chi connectivity index (χ1v) is 16.5. The van der Waals surface area contributed by atoms with Crippen LogP contribution in [0.15, 0.2) is 79.9 Å². The van der Waals surface area contributed by atoms with E-state index in [1.165, 1.54) is 0 Å². The van der Waals surface area contributed by atoms with Crippen LogP contribution in [0.3, 0.4) is 0 Å². The summed E-state index contributed by atoms with van der Waals surface area (Å²) >= 11 is 0. The molecule has 0 aromatic heterocycles. The largest absolute Gasteiger partial charge is 0.494 e. The van der Waals surface area contributed by atoms with Gasteiger partial charge in [0.15, 0.2) is 0 Å². The summed E-state index contributed by atoms with van der Waals surface area (Å²) in [5.41, 5.74) is -0.374. The number of amides is 3. The second kappa shape index (κ2) is 14.2. The van der Waals surface area contributed by atoms with Crippen LogP contribution in [0.5, 0.6) is 5.75 Å². The van der Waals surface area contributed by atoms with Crippen LogP contribution >= 0.6 is 0 Å². The standard InChI is InChI=1S/C37H47N3O6/c1-5-22-38(26-27-14-10-9-11-15-27)35(44)32-37-21-20-36(7-3,46-37)30(31(37)34(43)40(32)24-12-13-25-41)33(42)39(23-6-2)28-16-18-29(19-17-28)45-8-4/h5-6,9-11,14-19,30-32,41H,1-2,7-8,12-13,20-26H2,3-4H3/t30-,31+,32?,36+,37?/m1/s1. The fourth-order valence-electron chi connectivity index (χ4n) is 7.88. The van der Waals surface area contributed by atoms with Crippen LogP contribution in [0, 0.1) is 11.8 Å². The highest BCUT2D eigenvalue weighted by Gasteiger charge is 2.79. The van der Waals surface area contributed by atoms with Crippen LogP contribution in [0.2, 0.25) is 0 Å². The predicted molar refractivity (Wildman–Crippen MR) is 177 cm³/mol. The van der Waals surface area contributed by atoms with Gasteiger partial charge in [0.05, 0.1) is 24.0 Å². The molecule has 1 spiro atoms. The average Bonchev–Trinajstić information content (AvgIpc) is 3.67. The van der Waals surface area contributed by atoms with E-state index in [2.05, 4.69) is 13.2 Å². The average molecular weight is 630 g/mol. The zero-order chi connectivity index (χ0) is 32.9. The third kappa shape index (κ3) is 5.86. The molecular weight excluding hydrogens is 582 g/mol. The molecule has 3 aliphatic rings.